The Morgan fingerprint density at radius 2 is 1.88 bits per heavy atom. The first-order chi connectivity index (χ1) is 15.3. The lowest BCUT2D eigenvalue weighted by Crippen LogP contribution is -2.31. The Hall–Kier alpha value is -1.85. The van der Waals surface area contributed by atoms with E-state index in [1.54, 1.807) is 0 Å². The number of nitrogens with zero attached hydrogens (tertiary/aromatic N) is 1. The van der Waals surface area contributed by atoms with E-state index in [0.717, 1.165) is 18.4 Å². The lowest BCUT2D eigenvalue weighted by molar-refractivity contribution is -0.145. The van der Waals surface area contributed by atoms with Crippen LogP contribution >= 0.6 is 7.37 Å². The lowest BCUT2D eigenvalue weighted by Gasteiger charge is -2.24. The quantitative estimate of drug-likeness (QED) is 0.341. The van der Waals surface area contributed by atoms with Gasteiger partial charge in [0.25, 0.3) is 0 Å². The van der Waals surface area contributed by atoms with Gasteiger partial charge in [-0.05, 0) is 17.9 Å². The molecule has 1 aliphatic rings. The SMILES string of the molecule is COC(=O)C(CCCC1CCCCC1)CP(=O)(O)CCN(C)C(=O)OCc1ccccc1. The van der Waals surface area contributed by atoms with Crippen molar-refractivity contribution in [1.82, 2.24) is 4.90 Å². The smallest absolute Gasteiger partial charge is 0.409 e. The number of hydrogen-bond acceptors (Lipinski definition) is 5. The van der Waals surface area contributed by atoms with Crippen molar-refractivity contribution in [3.63, 3.8) is 0 Å². The third kappa shape index (κ3) is 9.74. The molecule has 0 radical (unpaired) electrons. The maximum absolute atomic E-state index is 12.8. The average molecular weight is 468 g/mol. The summed E-state index contributed by atoms with van der Waals surface area (Å²) in [5.74, 6) is -0.313. The molecule has 2 rings (SSSR count). The van der Waals surface area contributed by atoms with E-state index in [1.165, 1.54) is 51.2 Å². The highest BCUT2D eigenvalue weighted by molar-refractivity contribution is 7.58. The number of ether oxygens (including phenoxy) is 2. The van der Waals surface area contributed by atoms with Crippen LogP contribution in [-0.4, -0.2) is 54.9 Å². The number of benzene rings is 1. The third-order valence-electron chi connectivity index (χ3n) is 6.23. The van der Waals surface area contributed by atoms with Crippen LogP contribution in [0, 0.1) is 11.8 Å². The molecule has 0 saturated heterocycles. The van der Waals surface area contributed by atoms with E-state index in [9.17, 15) is 19.0 Å². The first kappa shape index (κ1) is 26.4. The van der Waals surface area contributed by atoms with Gasteiger partial charge in [0.05, 0.1) is 13.0 Å². The zero-order valence-electron chi connectivity index (χ0n) is 19.4. The number of esters is 1. The van der Waals surface area contributed by atoms with Crippen LogP contribution in [0.3, 0.4) is 0 Å². The molecule has 0 bridgehead atoms. The Balaban J connectivity index is 1.77. The van der Waals surface area contributed by atoms with E-state index < -0.39 is 25.3 Å². The number of carbonyl (C=O) groups is 2. The summed E-state index contributed by atoms with van der Waals surface area (Å²) in [4.78, 5) is 36.1. The fourth-order valence-electron chi connectivity index (χ4n) is 4.24. The van der Waals surface area contributed by atoms with Crippen LogP contribution in [0.25, 0.3) is 0 Å². The predicted molar refractivity (Wildman–Crippen MR) is 125 cm³/mol. The second kappa shape index (κ2) is 13.6. The van der Waals surface area contributed by atoms with Gasteiger partial charge in [-0.15, -0.1) is 0 Å². The van der Waals surface area contributed by atoms with Crippen LogP contribution in [0.2, 0.25) is 0 Å². The van der Waals surface area contributed by atoms with E-state index >= 15 is 0 Å². The Kier molecular flexibility index (Phi) is 11.3. The van der Waals surface area contributed by atoms with Gasteiger partial charge in [-0.3, -0.25) is 9.36 Å². The summed E-state index contributed by atoms with van der Waals surface area (Å²) >= 11 is 0. The number of methoxy groups -OCH3 is 1. The summed E-state index contributed by atoms with van der Waals surface area (Å²) in [6, 6.07) is 9.32. The molecule has 2 unspecified atom stereocenters. The highest BCUT2D eigenvalue weighted by Crippen LogP contribution is 2.43. The first-order valence-corrected chi connectivity index (χ1v) is 13.6. The summed E-state index contributed by atoms with van der Waals surface area (Å²) in [7, 11) is -0.757. The average Bonchev–Trinajstić information content (AvgIpc) is 2.81. The molecule has 1 fully saturated rings. The van der Waals surface area contributed by atoms with Crippen LogP contribution in [-0.2, 0) is 25.4 Å². The normalized spacial score (nSPS) is 17.2. The maximum atomic E-state index is 12.8. The van der Waals surface area contributed by atoms with Gasteiger partial charge in [0, 0.05) is 25.9 Å². The van der Waals surface area contributed by atoms with Gasteiger partial charge in [-0.1, -0.05) is 75.3 Å². The van der Waals surface area contributed by atoms with Gasteiger partial charge < -0.3 is 19.3 Å². The molecule has 32 heavy (non-hydrogen) atoms. The van der Waals surface area contributed by atoms with E-state index in [-0.39, 0.29) is 25.5 Å². The summed E-state index contributed by atoms with van der Waals surface area (Å²) in [6.45, 7) is 0.226. The number of rotatable bonds is 12. The maximum Gasteiger partial charge on any atom is 0.409 e. The lowest BCUT2D eigenvalue weighted by atomic mass is 9.85. The van der Waals surface area contributed by atoms with Crippen molar-refractivity contribution in [2.24, 2.45) is 11.8 Å². The Morgan fingerprint density at radius 3 is 2.53 bits per heavy atom. The first-order valence-electron chi connectivity index (χ1n) is 11.6. The molecular weight excluding hydrogens is 429 g/mol. The molecule has 2 atom stereocenters. The molecule has 0 aliphatic heterocycles. The van der Waals surface area contributed by atoms with E-state index in [4.69, 9.17) is 9.47 Å². The van der Waals surface area contributed by atoms with Crippen LogP contribution in [0.5, 0.6) is 0 Å². The molecule has 0 spiro atoms. The minimum atomic E-state index is -3.61. The van der Waals surface area contributed by atoms with E-state index in [2.05, 4.69) is 0 Å². The van der Waals surface area contributed by atoms with E-state index in [0.29, 0.717) is 12.3 Å². The minimum absolute atomic E-state index is 0.0807. The van der Waals surface area contributed by atoms with Gasteiger partial charge in [-0.25, -0.2) is 4.79 Å². The van der Waals surface area contributed by atoms with Crippen molar-refractivity contribution >= 4 is 19.4 Å². The Labute approximate surface area is 191 Å². The van der Waals surface area contributed by atoms with Crippen LogP contribution in [0.1, 0.15) is 56.9 Å². The molecule has 7 nitrogen and oxygen atoms in total. The third-order valence-corrected chi connectivity index (χ3v) is 8.14. The fraction of sp³-hybridized carbons (Fsp3) is 0.667. The summed E-state index contributed by atoms with van der Waals surface area (Å²) < 4.78 is 22.9. The largest absolute Gasteiger partial charge is 0.469 e. The van der Waals surface area contributed by atoms with Crippen molar-refractivity contribution in [1.29, 1.82) is 0 Å². The number of amides is 1. The van der Waals surface area contributed by atoms with Gasteiger partial charge in [0.1, 0.15) is 6.61 Å². The topological polar surface area (TPSA) is 93.1 Å². The number of hydrogen-bond donors (Lipinski definition) is 1. The molecule has 1 N–H and O–H groups in total. The molecule has 1 aromatic carbocycles. The Bertz CT molecular complexity index is 750. The zero-order valence-corrected chi connectivity index (χ0v) is 20.3. The van der Waals surface area contributed by atoms with Crippen molar-refractivity contribution in [3.8, 4) is 0 Å². The molecule has 0 heterocycles. The minimum Gasteiger partial charge on any atom is -0.469 e. The molecular formula is C24H38NO6P. The van der Waals surface area contributed by atoms with Crippen molar-refractivity contribution in [3.05, 3.63) is 35.9 Å². The standard InChI is InChI=1S/C24H38NO6P/c1-25(24(27)31-18-21-12-7-4-8-13-21)16-17-32(28,29)19-22(23(26)30-2)15-9-14-20-10-5-3-6-11-20/h4,7-8,12-13,20,22H,3,5-6,9-11,14-19H2,1-2H3,(H,28,29). The predicted octanol–water partition coefficient (Wildman–Crippen LogP) is 5.07. The zero-order chi connectivity index (χ0) is 23.4. The molecule has 1 aliphatic carbocycles. The number of carbonyl (C=O) groups excluding carboxylic acids is 2. The summed E-state index contributed by atoms with van der Waals surface area (Å²) in [5.41, 5.74) is 0.872. The van der Waals surface area contributed by atoms with Crippen LogP contribution in [0.4, 0.5) is 4.79 Å². The summed E-state index contributed by atoms with van der Waals surface area (Å²) in [5, 5.41) is 0. The van der Waals surface area contributed by atoms with Crippen molar-refractivity contribution < 1.29 is 28.5 Å². The molecule has 1 aromatic rings. The van der Waals surface area contributed by atoms with Gasteiger partial charge in [0.15, 0.2) is 0 Å². The molecule has 180 valence electrons. The van der Waals surface area contributed by atoms with Crippen molar-refractivity contribution in [2.45, 2.75) is 58.0 Å². The van der Waals surface area contributed by atoms with Crippen LogP contribution < -0.4 is 0 Å². The second-order valence-corrected chi connectivity index (χ2v) is 11.4. The van der Waals surface area contributed by atoms with Crippen LogP contribution in [0.15, 0.2) is 30.3 Å². The van der Waals surface area contributed by atoms with Crippen molar-refractivity contribution in [2.75, 3.05) is 33.0 Å². The van der Waals surface area contributed by atoms with E-state index in [1.807, 2.05) is 30.3 Å². The fourth-order valence-corrected chi connectivity index (χ4v) is 6.06. The monoisotopic (exact) mass is 467 g/mol. The highest BCUT2D eigenvalue weighted by atomic mass is 31.2. The molecule has 1 amide bonds. The molecule has 1 saturated carbocycles. The van der Waals surface area contributed by atoms with Gasteiger partial charge in [-0.2, -0.15) is 0 Å². The molecule has 8 heteroatoms. The Morgan fingerprint density at radius 1 is 1.19 bits per heavy atom. The molecule has 0 aromatic heterocycles. The van der Waals surface area contributed by atoms with Gasteiger partial charge >= 0.3 is 12.1 Å². The summed E-state index contributed by atoms with van der Waals surface area (Å²) in [6.07, 6.45) is 8.07. The second-order valence-electron chi connectivity index (χ2n) is 8.87. The highest BCUT2D eigenvalue weighted by Gasteiger charge is 2.30. The van der Waals surface area contributed by atoms with Gasteiger partial charge in [0.2, 0.25) is 7.37 Å².